The predicted molar refractivity (Wildman–Crippen MR) is 117 cm³/mol. The molecule has 29 heavy (non-hydrogen) atoms. The molecule has 3 rings (SSSR count). The van der Waals surface area contributed by atoms with Crippen molar-refractivity contribution in [3.63, 3.8) is 0 Å². The van der Waals surface area contributed by atoms with Crippen molar-refractivity contribution in [1.82, 2.24) is 5.32 Å². The maximum absolute atomic E-state index is 12.7. The number of hydrogen-bond donors (Lipinski definition) is 2. The van der Waals surface area contributed by atoms with E-state index in [9.17, 15) is 9.59 Å². The summed E-state index contributed by atoms with van der Waals surface area (Å²) in [7, 11) is 0. The molecule has 0 aliphatic rings. The van der Waals surface area contributed by atoms with Crippen LogP contribution in [-0.2, 0) is 11.2 Å². The molecule has 4 nitrogen and oxygen atoms in total. The molecule has 0 aromatic heterocycles. The van der Waals surface area contributed by atoms with Crippen molar-refractivity contribution in [2.24, 2.45) is 0 Å². The van der Waals surface area contributed by atoms with Gasteiger partial charge in [-0.3, -0.25) is 9.59 Å². The van der Waals surface area contributed by atoms with E-state index in [0.29, 0.717) is 10.6 Å². The molecule has 0 heterocycles. The Balaban J connectivity index is 1.76. The van der Waals surface area contributed by atoms with Gasteiger partial charge in [-0.15, -0.1) is 0 Å². The van der Waals surface area contributed by atoms with Crippen molar-refractivity contribution in [3.05, 3.63) is 101 Å². The first-order valence-electron chi connectivity index (χ1n) is 9.56. The fraction of sp³-hybridized carbons (Fsp3) is 0.167. The standard InChI is InChI=1S/C24H23ClN2O2/c1-2-17-9-8-12-19(15-17)26-23(28)16-22(18-10-4-3-5-11-18)27-24(29)20-13-6-7-14-21(20)25/h3-15,22H,2,16H2,1H3,(H,26,28)(H,27,29)/t22-/m0/s1. The Hall–Kier alpha value is -3.11. The van der Waals surface area contributed by atoms with Gasteiger partial charge in [0.05, 0.1) is 23.0 Å². The van der Waals surface area contributed by atoms with Crippen LogP contribution in [0.2, 0.25) is 5.02 Å². The number of hydrogen-bond acceptors (Lipinski definition) is 2. The van der Waals surface area contributed by atoms with Crippen LogP contribution in [0.3, 0.4) is 0 Å². The number of halogens is 1. The van der Waals surface area contributed by atoms with Crippen molar-refractivity contribution in [1.29, 1.82) is 0 Å². The van der Waals surface area contributed by atoms with Gasteiger partial charge in [-0.1, -0.05) is 73.1 Å². The minimum atomic E-state index is -0.477. The molecule has 0 spiro atoms. The number of carbonyl (C=O) groups excluding carboxylic acids is 2. The first-order valence-corrected chi connectivity index (χ1v) is 9.93. The van der Waals surface area contributed by atoms with Crippen LogP contribution >= 0.6 is 11.6 Å². The van der Waals surface area contributed by atoms with Crippen LogP contribution in [0.15, 0.2) is 78.9 Å². The molecule has 0 saturated heterocycles. The first kappa shape index (κ1) is 20.6. The number of amides is 2. The van der Waals surface area contributed by atoms with Gasteiger partial charge in [0.25, 0.3) is 5.91 Å². The lowest BCUT2D eigenvalue weighted by molar-refractivity contribution is -0.116. The second-order valence-electron chi connectivity index (χ2n) is 6.72. The Morgan fingerprint density at radius 2 is 1.66 bits per heavy atom. The molecule has 0 aliphatic heterocycles. The summed E-state index contributed by atoms with van der Waals surface area (Å²) in [6.45, 7) is 2.07. The maximum atomic E-state index is 12.7. The van der Waals surface area contributed by atoms with Crippen LogP contribution in [0.25, 0.3) is 0 Å². The predicted octanol–water partition coefficient (Wildman–Crippen LogP) is 5.40. The third-order valence-electron chi connectivity index (χ3n) is 4.63. The third kappa shape index (κ3) is 5.69. The van der Waals surface area contributed by atoms with E-state index >= 15 is 0 Å². The number of rotatable bonds is 7. The summed E-state index contributed by atoms with van der Waals surface area (Å²) < 4.78 is 0. The van der Waals surface area contributed by atoms with Crippen molar-refractivity contribution in [3.8, 4) is 0 Å². The molecule has 2 amide bonds. The summed E-state index contributed by atoms with van der Waals surface area (Å²) in [6.07, 6.45) is 1.00. The summed E-state index contributed by atoms with van der Waals surface area (Å²) in [5.41, 5.74) is 3.13. The molecule has 1 atom stereocenters. The molecule has 0 radical (unpaired) electrons. The molecule has 2 N–H and O–H groups in total. The topological polar surface area (TPSA) is 58.2 Å². The van der Waals surface area contributed by atoms with Gasteiger partial charge in [0.15, 0.2) is 0 Å². The monoisotopic (exact) mass is 406 g/mol. The van der Waals surface area contributed by atoms with Crippen LogP contribution in [0.1, 0.15) is 40.9 Å². The van der Waals surface area contributed by atoms with E-state index in [1.807, 2.05) is 54.6 Å². The fourth-order valence-corrected chi connectivity index (χ4v) is 3.31. The summed E-state index contributed by atoms with van der Waals surface area (Å²) in [5, 5.41) is 6.24. The largest absolute Gasteiger partial charge is 0.345 e. The normalized spacial score (nSPS) is 11.5. The Morgan fingerprint density at radius 1 is 0.931 bits per heavy atom. The van der Waals surface area contributed by atoms with Crippen molar-refractivity contribution >= 4 is 29.1 Å². The summed E-state index contributed by atoms with van der Waals surface area (Å²) >= 11 is 6.15. The van der Waals surface area contributed by atoms with Gasteiger partial charge in [0.2, 0.25) is 5.91 Å². The minimum absolute atomic E-state index is 0.108. The molecule has 0 bridgehead atoms. The zero-order valence-corrected chi connectivity index (χ0v) is 16.9. The highest BCUT2D eigenvalue weighted by Gasteiger charge is 2.20. The Morgan fingerprint density at radius 3 is 2.38 bits per heavy atom. The molecule has 5 heteroatoms. The zero-order valence-electron chi connectivity index (χ0n) is 16.2. The number of anilines is 1. The summed E-state index contributed by atoms with van der Waals surface area (Å²) in [6, 6.07) is 23.6. The van der Waals surface area contributed by atoms with E-state index in [4.69, 9.17) is 11.6 Å². The van der Waals surface area contributed by atoms with Crippen molar-refractivity contribution in [2.75, 3.05) is 5.32 Å². The maximum Gasteiger partial charge on any atom is 0.253 e. The van der Waals surface area contributed by atoms with Crippen LogP contribution < -0.4 is 10.6 Å². The SMILES string of the molecule is CCc1cccc(NC(=O)C[C@H](NC(=O)c2ccccc2Cl)c2ccccc2)c1. The van der Waals surface area contributed by atoms with Crippen LogP contribution in [0.4, 0.5) is 5.69 Å². The van der Waals surface area contributed by atoms with Gasteiger partial charge < -0.3 is 10.6 Å². The lowest BCUT2D eigenvalue weighted by atomic mass is 10.0. The Labute approximate surface area is 175 Å². The molecule has 3 aromatic carbocycles. The zero-order chi connectivity index (χ0) is 20.6. The Bertz CT molecular complexity index is 989. The van der Waals surface area contributed by atoms with Crippen LogP contribution in [0.5, 0.6) is 0 Å². The molecule has 0 fully saturated rings. The molecular weight excluding hydrogens is 384 g/mol. The highest BCUT2D eigenvalue weighted by molar-refractivity contribution is 6.33. The summed E-state index contributed by atoms with van der Waals surface area (Å²) in [5.74, 6) is -0.489. The van der Waals surface area contributed by atoms with E-state index in [1.165, 1.54) is 0 Å². The quantitative estimate of drug-likeness (QED) is 0.551. The second-order valence-corrected chi connectivity index (χ2v) is 7.13. The average molecular weight is 407 g/mol. The first-order chi connectivity index (χ1) is 14.1. The molecule has 0 unspecified atom stereocenters. The van der Waals surface area contributed by atoms with Crippen molar-refractivity contribution in [2.45, 2.75) is 25.8 Å². The van der Waals surface area contributed by atoms with Gasteiger partial charge in [-0.2, -0.15) is 0 Å². The number of benzene rings is 3. The lowest BCUT2D eigenvalue weighted by Gasteiger charge is -2.19. The highest BCUT2D eigenvalue weighted by atomic mass is 35.5. The third-order valence-corrected chi connectivity index (χ3v) is 4.96. The molecule has 3 aromatic rings. The molecule has 0 aliphatic carbocycles. The summed E-state index contributed by atoms with van der Waals surface area (Å²) in [4.78, 5) is 25.4. The van der Waals surface area contributed by atoms with Gasteiger partial charge in [-0.25, -0.2) is 0 Å². The number of carbonyl (C=O) groups is 2. The van der Waals surface area contributed by atoms with E-state index in [0.717, 1.165) is 23.2 Å². The minimum Gasteiger partial charge on any atom is -0.345 e. The van der Waals surface area contributed by atoms with Crippen LogP contribution in [0, 0.1) is 0 Å². The van der Waals surface area contributed by atoms with Crippen LogP contribution in [-0.4, -0.2) is 11.8 Å². The lowest BCUT2D eigenvalue weighted by Crippen LogP contribution is -2.31. The van der Waals surface area contributed by atoms with Gasteiger partial charge in [0.1, 0.15) is 0 Å². The van der Waals surface area contributed by atoms with E-state index in [-0.39, 0.29) is 18.2 Å². The van der Waals surface area contributed by atoms with E-state index in [2.05, 4.69) is 17.6 Å². The molecular formula is C24H23ClN2O2. The smallest absolute Gasteiger partial charge is 0.253 e. The fourth-order valence-electron chi connectivity index (χ4n) is 3.09. The Kier molecular flexibility index (Phi) is 7.04. The molecule has 0 saturated carbocycles. The molecule has 148 valence electrons. The van der Waals surface area contributed by atoms with Crippen molar-refractivity contribution < 1.29 is 9.59 Å². The second kappa shape index (κ2) is 9.89. The highest BCUT2D eigenvalue weighted by Crippen LogP contribution is 2.21. The average Bonchev–Trinajstić information content (AvgIpc) is 2.74. The van der Waals surface area contributed by atoms with E-state index in [1.54, 1.807) is 24.3 Å². The van der Waals surface area contributed by atoms with Gasteiger partial charge >= 0.3 is 0 Å². The van der Waals surface area contributed by atoms with E-state index < -0.39 is 6.04 Å². The number of aryl methyl sites for hydroxylation is 1. The van der Waals surface area contributed by atoms with Gasteiger partial charge in [-0.05, 0) is 41.8 Å². The number of nitrogens with one attached hydrogen (secondary N) is 2. The van der Waals surface area contributed by atoms with Gasteiger partial charge in [0, 0.05) is 5.69 Å².